The summed E-state index contributed by atoms with van der Waals surface area (Å²) in [5, 5.41) is 3.08. The van der Waals surface area contributed by atoms with Crippen molar-refractivity contribution < 1.29 is 9.53 Å². The minimum absolute atomic E-state index is 0.0281. The maximum absolute atomic E-state index is 12.8. The Hall–Kier alpha value is -2.87. The average molecular weight is 425 g/mol. The third-order valence-corrected chi connectivity index (χ3v) is 6.23. The third-order valence-electron chi connectivity index (χ3n) is 6.23. The fourth-order valence-corrected chi connectivity index (χ4v) is 4.25. The summed E-state index contributed by atoms with van der Waals surface area (Å²) in [6.07, 6.45) is 7.19. The number of anilines is 3. The fraction of sp³-hybridized carbons (Fsp3) is 0.522. The van der Waals surface area contributed by atoms with Crippen LogP contribution in [-0.2, 0) is 4.79 Å². The summed E-state index contributed by atoms with van der Waals surface area (Å²) >= 11 is 0. The predicted octanol–water partition coefficient (Wildman–Crippen LogP) is 2.62. The first-order valence-electron chi connectivity index (χ1n) is 11.1. The zero-order valence-electron chi connectivity index (χ0n) is 18.5. The second kappa shape index (κ2) is 9.96. The maximum Gasteiger partial charge on any atom is 0.241 e. The number of hydrogen-bond donors (Lipinski definition) is 1. The number of benzene rings is 1. The van der Waals surface area contributed by atoms with Crippen molar-refractivity contribution in [2.45, 2.75) is 32.2 Å². The Morgan fingerprint density at radius 3 is 2.35 bits per heavy atom. The Labute approximate surface area is 184 Å². The lowest BCUT2D eigenvalue weighted by Gasteiger charge is -2.37. The van der Waals surface area contributed by atoms with Crippen molar-refractivity contribution >= 4 is 23.1 Å². The van der Waals surface area contributed by atoms with Gasteiger partial charge in [-0.3, -0.25) is 14.7 Å². The van der Waals surface area contributed by atoms with Gasteiger partial charge >= 0.3 is 0 Å². The summed E-state index contributed by atoms with van der Waals surface area (Å²) < 4.78 is 5.17. The monoisotopic (exact) mass is 424 g/mol. The van der Waals surface area contributed by atoms with Crippen molar-refractivity contribution in [2.24, 2.45) is 0 Å². The van der Waals surface area contributed by atoms with Crippen molar-refractivity contribution in [1.29, 1.82) is 0 Å². The number of ether oxygens (including phenoxy) is 1. The molecule has 31 heavy (non-hydrogen) atoms. The van der Waals surface area contributed by atoms with Crippen LogP contribution in [0.15, 0.2) is 36.7 Å². The number of aromatic nitrogens is 2. The number of carbonyl (C=O) groups excluding carboxylic acids is 1. The lowest BCUT2D eigenvalue weighted by Crippen LogP contribution is -2.53. The van der Waals surface area contributed by atoms with E-state index in [1.807, 2.05) is 19.1 Å². The number of methoxy groups -OCH3 is 1. The Morgan fingerprint density at radius 1 is 0.968 bits per heavy atom. The molecule has 0 bridgehead atoms. The van der Waals surface area contributed by atoms with Crippen LogP contribution in [0.25, 0.3) is 0 Å². The van der Waals surface area contributed by atoms with E-state index in [2.05, 4.69) is 42.1 Å². The van der Waals surface area contributed by atoms with E-state index in [0.717, 1.165) is 50.8 Å². The maximum atomic E-state index is 12.8. The van der Waals surface area contributed by atoms with Crippen LogP contribution in [0.2, 0.25) is 0 Å². The molecule has 0 aliphatic carbocycles. The molecule has 2 aliphatic heterocycles. The molecule has 2 aromatic rings. The number of hydrogen-bond acceptors (Lipinski definition) is 7. The number of carbonyl (C=O) groups is 1. The van der Waals surface area contributed by atoms with E-state index in [-0.39, 0.29) is 11.9 Å². The van der Waals surface area contributed by atoms with Gasteiger partial charge in [0.05, 0.1) is 25.5 Å². The highest BCUT2D eigenvalue weighted by atomic mass is 16.5. The first-order valence-corrected chi connectivity index (χ1v) is 11.1. The van der Waals surface area contributed by atoms with Crippen LogP contribution in [0.1, 0.15) is 26.2 Å². The molecule has 1 N–H and O–H groups in total. The molecule has 0 saturated carbocycles. The Morgan fingerprint density at radius 2 is 1.68 bits per heavy atom. The van der Waals surface area contributed by atoms with Crippen molar-refractivity contribution in [2.75, 3.05) is 61.5 Å². The van der Waals surface area contributed by atoms with E-state index < -0.39 is 0 Å². The molecular weight excluding hydrogens is 392 g/mol. The van der Waals surface area contributed by atoms with Crippen LogP contribution < -0.4 is 19.9 Å². The molecule has 8 nitrogen and oxygen atoms in total. The number of nitrogens with zero attached hydrogens (tertiary/aromatic N) is 5. The van der Waals surface area contributed by atoms with Crippen LogP contribution in [0, 0.1) is 0 Å². The van der Waals surface area contributed by atoms with Gasteiger partial charge in [0.2, 0.25) is 11.8 Å². The normalized spacial score (nSPS) is 18.5. The number of rotatable bonds is 6. The minimum Gasteiger partial charge on any atom is -0.480 e. The van der Waals surface area contributed by atoms with Gasteiger partial charge in [0, 0.05) is 50.6 Å². The SMILES string of the molecule is COc1cncc(N2CCN(C(C)C(=O)Nc3ccc(N4CCCCC4)cc3)CC2)n1. The summed E-state index contributed by atoms with van der Waals surface area (Å²) in [5.74, 6) is 1.35. The van der Waals surface area contributed by atoms with E-state index >= 15 is 0 Å². The molecule has 2 saturated heterocycles. The van der Waals surface area contributed by atoms with Crippen LogP contribution in [0.4, 0.5) is 17.2 Å². The van der Waals surface area contributed by atoms with Gasteiger partial charge in [-0.25, -0.2) is 0 Å². The van der Waals surface area contributed by atoms with Crippen molar-refractivity contribution in [3.05, 3.63) is 36.7 Å². The molecular formula is C23H32N6O2. The summed E-state index contributed by atoms with van der Waals surface area (Å²) in [6, 6.07) is 8.04. The Balaban J connectivity index is 1.28. The predicted molar refractivity (Wildman–Crippen MR) is 123 cm³/mol. The van der Waals surface area contributed by atoms with Gasteiger partial charge in [0.25, 0.3) is 0 Å². The van der Waals surface area contributed by atoms with Gasteiger partial charge in [-0.15, -0.1) is 0 Å². The zero-order valence-corrected chi connectivity index (χ0v) is 18.5. The highest BCUT2D eigenvalue weighted by Crippen LogP contribution is 2.22. The van der Waals surface area contributed by atoms with Gasteiger partial charge < -0.3 is 19.9 Å². The number of piperidine rings is 1. The second-order valence-electron chi connectivity index (χ2n) is 8.20. The molecule has 4 rings (SSSR count). The molecule has 2 aliphatic rings. The van der Waals surface area contributed by atoms with Gasteiger partial charge in [-0.2, -0.15) is 4.98 Å². The molecule has 1 atom stereocenters. The quantitative estimate of drug-likeness (QED) is 0.764. The molecule has 166 valence electrons. The number of piperazine rings is 1. The average Bonchev–Trinajstić information content (AvgIpc) is 2.84. The Bertz CT molecular complexity index is 861. The smallest absolute Gasteiger partial charge is 0.241 e. The minimum atomic E-state index is -0.194. The largest absolute Gasteiger partial charge is 0.480 e. The van der Waals surface area contributed by atoms with Crippen molar-refractivity contribution in [1.82, 2.24) is 14.9 Å². The number of amides is 1. The fourth-order valence-electron chi connectivity index (χ4n) is 4.25. The third kappa shape index (κ3) is 5.25. The molecule has 8 heteroatoms. The molecule has 0 spiro atoms. The van der Waals surface area contributed by atoms with Crippen LogP contribution >= 0.6 is 0 Å². The highest BCUT2D eigenvalue weighted by molar-refractivity contribution is 5.94. The van der Waals surface area contributed by atoms with E-state index in [4.69, 9.17) is 4.74 Å². The molecule has 3 heterocycles. The van der Waals surface area contributed by atoms with E-state index in [0.29, 0.717) is 5.88 Å². The molecule has 1 unspecified atom stereocenters. The lowest BCUT2D eigenvalue weighted by molar-refractivity contribution is -0.120. The summed E-state index contributed by atoms with van der Waals surface area (Å²) in [7, 11) is 1.59. The molecule has 2 fully saturated rings. The van der Waals surface area contributed by atoms with Gasteiger partial charge in [0.15, 0.2) is 5.82 Å². The van der Waals surface area contributed by atoms with Crippen LogP contribution in [0.5, 0.6) is 5.88 Å². The topological polar surface area (TPSA) is 73.8 Å². The van der Waals surface area contributed by atoms with Crippen LogP contribution in [0.3, 0.4) is 0 Å². The second-order valence-corrected chi connectivity index (χ2v) is 8.20. The van der Waals surface area contributed by atoms with Crippen LogP contribution in [-0.4, -0.2) is 73.2 Å². The highest BCUT2D eigenvalue weighted by Gasteiger charge is 2.26. The molecule has 1 amide bonds. The van der Waals surface area contributed by atoms with E-state index in [1.54, 1.807) is 19.5 Å². The van der Waals surface area contributed by atoms with Crippen molar-refractivity contribution in [3.63, 3.8) is 0 Å². The van der Waals surface area contributed by atoms with Gasteiger partial charge in [-0.05, 0) is 50.5 Å². The van der Waals surface area contributed by atoms with E-state index in [1.165, 1.54) is 24.9 Å². The standard InChI is InChI=1S/C23H32N6O2/c1-18(27-12-14-29(15-13-27)21-16-24-17-22(26-21)31-2)23(30)25-19-6-8-20(9-7-19)28-10-4-3-5-11-28/h6-9,16-18H,3-5,10-15H2,1-2H3,(H,25,30). The Kier molecular flexibility index (Phi) is 6.86. The summed E-state index contributed by atoms with van der Waals surface area (Å²) in [5.41, 5.74) is 2.09. The van der Waals surface area contributed by atoms with Gasteiger partial charge in [0.1, 0.15) is 0 Å². The zero-order chi connectivity index (χ0) is 21.6. The summed E-state index contributed by atoms with van der Waals surface area (Å²) in [4.78, 5) is 28.3. The first-order chi connectivity index (χ1) is 15.1. The lowest BCUT2D eigenvalue weighted by atomic mass is 10.1. The molecule has 0 radical (unpaired) electrons. The van der Waals surface area contributed by atoms with Crippen molar-refractivity contribution in [3.8, 4) is 5.88 Å². The molecule has 1 aromatic carbocycles. The first kappa shape index (κ1) is 21.4. The molecule has 1 aromatic heterocycles. The number of nitrogens with one attached hydrogen (secondary N) is 1. The van der Waals surface area contributed by atoms with E-state index in [9.17, 15) is 4.79 Å². The van der Waals surface area contributed by atoms with Gasteiger partial charge in [-0.1, -0.05) is 0 Å². The summed E-state index contributed by atoms with van der Waals surface area (Å²) in [6.45, 7) is 7.39.